The molecule has 6 nitrogen and oxygen atoms in total. The van der Waals surface area contributed by atoms with Crippen LogP contribution in [-0.2, 0) is 20.7 Å². The molecule has 1 atom stereocenters. The average Bonchev–Trinajstić information content (AvgIpc) is 2.97. The van der Waals surface area contributed by atoms with Crippen LogP contribution in [0.5, 0.6) is 0 Å². The first kappa shape index (κ1) is 17.7. The van der Waals surface area contributed by atoms with Gasteiger partial charge in [-0.3, -0.25) is 4.79 Å². The molecule has 0 saturated carbocycles. The number of carbonyl (C=O) groups is 1. The summed E-state index contributed by atoms with van der Waals surface area (Å²) >= 11 is 0. The van der Waals surface area contributed by atoms with Crippen molar-refractivity contribution in [3.8, 4) is 0 Å². The number of hydrogen-bond acceptors (Lipinski definition) is 5. The highest BCUT2D eigenvalue weighted by atomic mass is 16.6. The maximum absolute atomic E-state index is 12.0. The highest BCUT2D eigenvalue weighted by Gasteiger charge is 2.20. The maximum atomic E-state index is 12.0. The van der Waals surface area contributed by atoms with Crippen molar-refractivity contribution in [3.63, 3.8) is 0 Å². The standard InChI is InChI=1S/C19H27N3O3/c1-19(2,3)25-18(23)8-7-13-10-15(20)14-12-21-22(16(14)11-13)17-6-4-5-9-24-17/h10-12,17H,4-9,20H2,1-3H3. The van der Waals surface area contributed by atoms with Crippen LogP contribution in [0, 0.1) is 0 Å². The van der Waals surface area contributed by atoms with Crippen molar-refractivity contribution in [3.05, 3.63) is 23.9 Å². The number of nitrogens with two attached hydrogens (primary N) is 1. The Bertz CT molecular complexity index is 755. The van der Waals surface area contributed by atoms with Gasteiger partial charge in [0.25, 0.3) is 0 Å². The van der Waals surface area contributed by atoms with Crippen molar-refractivity contribution in [1.29, 1.82) is 0 Å². The van der Waals surface area contributed by atoms with Gasteiger partial charge in [-0.25, -0.2) is 4.68 Å². The van der Waals surface area contributed by atoms with Gasteiger partial charge >= 0.3 is 5.97 Å². The fourth-order valence-corrected chi connectivity index (χ4v) is 3.16. The fraction of sp³-hybridized carbons (Fsp3) is 0.579. The molecule has 2 aromatic rings. The van der Waals surface area contributed by atoms with Crippen LogP contribution in [0.15, 0.2) is 18.3 Å². The van der Waals surface area contributed by atoms with Gasteiger partial charge in [-0.15, -0.1) is 0 Å². The van der Waals surface area contributed by atoms with Gasteiger partial charge in [0, 0.05) is 24.1 Å². The Morgan fingerprint density at radius 1 is 1.40 bits per heavy atom. The number of esters is 1. The van der Waals surface area contributed by atoms with Crippen LogP contribution in [0.3, 0.4) is 0 Å². The van der Waals surface area contributed by atoms with Gasteiger partial charge in [-0.2, -0.15) is 5.10 Å². The summed E-state index contributed by atoms with van der Waals surface area (Å²) in [6.07, 6.45) is 5.87. The van der Waals surface area contributed by atoms with Crippen molar-refractivity contribution in [2.75, 3.05) is 12.3 Å². The number of benzene rings is 1. The number of nitrogens with zero attached hydrogens (tertiary/aromatic N) is 2. The Morgan fingerprint density at radius 2 is 2.20 bits per heavy atom. The van der Waals surface area contributed by atoms with Crippen molar-refractivity contribution >= 4 is 22.6 Å². The molecule has 3 rings (SSSR count). The molecule has 2 N–H and O–H groups in total. The molecule has 1 aromatic carbocycles. The van der Waals surface area contributed by atoms with Crippen molar-refractivity contribution in [2.45, 2.75) is 64.7 Å². The summed E-state index contributed by atoms with van der Waals surface area (Å²) in [5, 5.41) is 5.41. The third kappa shape index (κ3) is 4.31. The summed E-state index contributed by atoms with van der Waals surface area (Å²) in [5.41, 5.74) is 8.39. The lowest BCUT2D eigenvalue weighted by molar-refractivity contribution is -0.154. The van der Waals surface area contributed by atoms with Gasteiger partial charge in [0.15, 0.2) is 6.23 Å². The number of hydrogen-bond donors (Lipinski definition) is 1. The number of aryl methyl sites for hydroxylation is 1. The molecule has 1 saturated heterocycles. The van der Waals surface area contributed by atoms with Gasteiger partial charge in [-0.1, -0.05) is 0 Å². The van der Waals surface area contributed by atoms with E-state index in [1.807, 2.05) is 31.5 Å². The van der Waals surface area contributed by atoms with Crippen molar-refractivity contribution in [1.82, 2.24) is 9.78 Å². The predicted octanol–water partition coefficient (Wildman–Crippen LogP) is 3.59. The number of aromatic nitrogens is 2. The molecule has 0 radical (unpaired) electrons. The summed E-state index contributed by atoms with van der Waals surface area (Å²) < 4.78 is 13.1. The average molecular weight is 345 g/mol. The van der Waals surface area contributed by atoms with Crippen LogP contribution < -0.4 is 5.73 Å². The maximum Gasteiger partial charge on any atom is 0.306 e. The van der Waals surface area contributed by atoms with E-state index in [1.165, 1.54) is 0 Å². The molecule has 1 aromatic heterocycles. The zero-order valence-corrected chi connectivity index (χ0v) is 15.2. The third-order valence-electron chi connectivity index (χ3n) is 4.27. The zero-order chi connectivity index (χ0) is 18.0. The minimum Gasteiger partial charge on any atom is -0.460 e. The van der Waals surface area contributed by atoms with Crippen LogP contribution in [0.4, 0.5) is 5.69 Å². The van der Waals surface area contributed by atoms with Gasteiger partial charge in [0.1, 0.15) is 5.60 Å². The molecule has 0 spiro atoms. The van der Waals surface area contributed by atoms with E-state index in [1.54, 1.807) is 6.20 Å². The summed E-state index contributed by atoms with van der Waals surface area (Å²) in [6.45, 7) is 6.38. The fourth-order valence-electron chi connectivity index (χ4n) is 3.16. The molecular weight excluding hydrogens is 318 g/mol. The van der Waals surface area contributed by atoms with Crippen molar-refractivity contribution < 1.29 is 14.3 Å². The largest absolute Gasteiger partial charge is 0.460 e. The molecule has 2 heterocycles. The van der Waals surface area contributed by atoms with Gasteiger partial charge in [-0.05, 0) is 64.2 Å². The molecule has 136 valence electrons. The molecule has 1 fully saturated rings. The molecule has 25 heavy (non-hydrogen) atoms. The van der Waals surface area contributed by atoms with E-state index in [2.05, 4.69) is 11.2 Å². The Hall–Kier alpha value is -2.08. The molecule has 1 unspecified atom stereocenters. The number of carbonyl (C=O) groups excluding carboxylic acids is 1. The summed E-state index contributed by atoms with van der Waals surface area (Å²) in [5.74, 6) is -0.199. The van der Waals surface area contributed by atoms with Gasteiger partial charge in [0.2, 0.25) is 0 Å². The third-order valence-corrected chi connectivity index (χ3v) is 4.27. The number of anilines is 1. The second-order valence-electron chi connectivity index (χ2n) is 7.61. The van der Waals surface area contributed by atoms with E-state index >= 15 is 0 Å². The normalized spacial score (nSPS) is 18.4. The lowest BCUT2D eigenvalue weighted by Crippen LogP contribution is -2.24. The van der Waals surface area contributed by atoms with Crippen LogP contribution in [0.1, 0.15) is 58.2 Å². The summed E-state index contributed by atoms with van der Waals surface area (Å²) in [4.78, 5) is 12.0. The molecular formula is C19H27N3O3. The molecule has 1 aliphatic heterocycles. The molecule has 0 bridgehead atoms. The lowest BCUT2D eigenvalue weighted by Gasteiger charge is -2.23. The molecule has 0 aliphatic carbocycles. The highest BCUT2D eigenvalue weighted by molar-refractivity contribution is 5.91. The van der Waals surface area contributed by atoms with E-state index in [0.29, 0.717) is 18.5 Å². The van der Waals surface area contributed by atoms with E-state index in [0.717, 1.165) is 42.3 Å². The van der Waals surface area contributed by atoms with Gasteiger partial charge in [0.05, 0.1) is 11.7 Å². The second kappa shape index (κ2) is 7.04. The molecule has 1 aliphatic rings. The highest BCUT2D eigenvalue weighted by Crippen LogP contribution is 2.30. The summed E-state index contributed by atoms with van der Waals surface area (Å²) in [7, 11) is 0. The van der Waals surface area contributed by atoms with E-state index in [-0.39, 0.29) is 12.2 Å². The number of fused-ring (bicyclic) bond motifs is 1. The monoisotopic (exact) mass is 345 g/mol. The Balaban J connectivity index is 1.79. The van der Waals surface area contributed by atoms with Crippen molar-refractivity contribution in [2.24, 2.45) is 0 Å². The minimum absolute atomic E-state index is 0.0354. The smallest absolute Gasteiger partial charge is 0.306 e. The molecule has 6 heteroatoms. The second-order valence-corrected chi connectivity index (χ2v) is 7.61. The SMILES string of the molecule is CC(C)(C)OC(=O)CCc1cc(N)c2cnn(C3CCCCO3)c2c1. The van der Waals surface area contributed by atoms with Crippen LogP contribution in [0.25, 0.3) is 10.9 Å². The van der Waals surface area contributed by atoms with Gasteiger partial charge < -0.3 is 15.2 Å². The number of nitrogen functional groups attached to an aromatic ring is 1. The van der Waals surface area contributed by atoms with Crippen LogP contribution in [-0.4, -0.2) is 28.0 Å². The zero-order valence-electron chi connectivity index (χ0n) is 15.2. The predicted molar refractivity (Wildman–Crippen MR) is 97.2 cm³/mol. The first-order valence-electron chi connectivity index (χ1n) is 8.92. The Labute approximate surface area is 148 Å². The summed E-state index contributed by atoms with van der Waals surface area (Å²) in [6, 6.07) is 3.97. The molecule has 0 amide bonds. The van der Waals surface area contributed by atoms with Crippen LogP contribution in [0.2, 0.25) is 0 Å². The van der Waals surface area contributed by atoms with Crippen LogP contribution >= 0.6 is 0 Å². The minimum atomic E-state index is -0.461. The Kier molecular flexibility index (Phi) is 4.99. The first-order valence-corrected chi connectivity index (χ1v) is 8.92. The van der Waals surface area contributed by atoms with E-state index in [9.17, 15) is 4.79 Å². The first-order chi connectivity index (χ1) is 11.8. The number of ether oxygens (including phenoxy) is 2. The number of rotatable bonds is 4. The van der Waals surface area contributed by atoms with E-state index in [4.69, 9.17) is 15.2 Å². The Morgan fingerprint density at radius 3 is 2.88 bits per heavy atom. The topological polar surface area (TPSA) is 79.4 Å². The quantitative estimate of drug-likeness (QED) is 0.676. The van der Waals surface area contributed by atoms with E-state index < -0.39 is 5.60 Å². The lowest BCUT2D eigenvalue weighted by atomic mass is 10.1.